The molecule has 3 atom stereocenters. The van der Waals surface area contributed by atoms with E-state index >= 15 is 0 Å². The van der Waals surface area contributed by atoms with E-state index in [1.807, 2.05) is 30.3 Å². The van der Waals surface area contributed by atoms with Gasteiger partial charge >= 0.3 is 0 Å². The second kappa shape index (κ2) is 11.7. The minimum absolute atomic E-state index is 0.0309. The molecular weight excluding hydrogens is 517 g/mol. The topological polar surface area (TPSA) is 97.1 Å². The maximum Gasteiger partial charge on any atom is 0.251 e. The molecule has 0 radical (unpaired) electrons. The lowest BCUT2D eigenvalue weighted by Crippen LogP contribution is -2.43. The first-order valence-corrected chi connectivity index (χ1v) is 12.9. The van der Waals surface area contributed by atoms with Crippen LogP contribution in [0.25, 0.3) is 11.1 Å². The Hall–Kier alpha value is -4.50. The van der Waals surface area contributed by atoms with E-state index in [2.05, 4.69) is 15.6 Å². The second-order valence-electron chi connectivity index (χ2n) is 9.84. The fourth-order valence-corrected chi connectivity index (χ4v) is 5.19. The average molecular weight is 545 g/mol. The number of nitrogens with two attached hydrogens (primary N) is 1. The Morgan fingerprint density at radius 1 is 0.975 bits per heavy atom. The summed E-state index contributed by atoms with van der Waals surface area (Å²) >= 11 is 0. The molecule has 4 N–H and O–H groups in total. The fraction of sp³-hybridized carbons (Fsp3) is 0.194. The van der Waals surface area contributed by atoms with Gasteiger partial charge in [0, 0.05) is 24.4 Å². The monoisotopic (exact) mass is 544 g/mol. The van der Waals surface area contributed by atoms with Crippen molar-refractivity contribution in [1.82, 2.24) is 15.6 Å². The number of carbonyl (C=O) groups excluding carboxylic acids is 2. The number of aromatic nitrogens is 1. The molecule has 5 rings (SSSR count). The van der Waals surface area contributed by atoms with Crippen molar-refractivity contribution >= 4 is 11.8 Å². The van der Waals surface area contributed by atoms with Crippen LogP contribution in [0.2, 0.25) is 0 Å². The molecule has 1 aliphatic heterocycles. The predicted octanol–water partition coefficient (Wildman–Crippen LogP) is 4.81. The molecule has 9 heteroatoms. The molecular formula is C31H27F3N4O2. The quantitative estimate of drug-likeness (QED) is 0.297. The Balaban J connectivity index is 1.48. The number of benzene rings is 3. The van der Waals surface area contributed by atoms with Crippen molar-refractivity contribution in [3.8, 4) is 11.1 Å². The van der Waals surface area contributed by atoms with Crippen LogP contribution >= 0.6 is 0 Å². The molecule has 6 nitrogen and oxygen atoms in total. The second-order valence-corrected chi connectivity index (χ2v) is 9.84. The summed E-state index contributed by atoms with van der Waals surface area (Å²) < 4.78 is 42.3. The number of rotatable bonds is 8. The Labute approximate surface area is 229 Å². The first-order valence-electron chi connectivity index (χ1n) is 12.9. The third kappa shape index (κ3) is 6.05. The van der Waals surface area contributed by atoms with Gasteiger partial charge in [-0.2, -0.15) is 0 Å². The van der Waals surface area contributed by atoms with Crippen LogP contribution in [0.1, 0.15) is 45.6 Å². The van der Waals surface area contributed by atoms with Crippen molar-refractivity contribution in [3.63, 3.8) is 0 Å². The summed E-state index contributed by atoms with van der Waals surface area (Å²) in [7, 11) is 0. The summed E-state index contributed by atoms with van der Waals surface area (Å²) in [5, 5.41) is 6.29. The molecule has 204 valence electrons. The maximum absolute atomic E-state index is 14.2. The van der Waals surface area contributed by atoms with Crippen LogP contribution in [0, 0.1) is 17.5 Å². The van der Waals surface area contributed by atoms with Crippen molar-refractivity contribution in [1.29, 1.82) is 0 Å². The third-order valence-corrected chi connectivity index (χ3v) is 7.11. The Kier molecular flexibility index (Phi) is 7.93. The number of halogens is 3. The van der Waals surface area contributed by atoms with Gasteiger partial charge in [-0.15, -0.1) is 0 Å². The molecule has 3 aromatic carbocycles. The highest BCUT2D eigenvalue weighted by Crippen LogP contribution is 2.31. The highest BCUT2D eigenvalue weighted by Gasteiger charge is 2.32. The van der Waals surface area contributed by atoms with Gasteiger partial charge in [0.25, 0.3) is 5.91 Å². The standard InChI is InChI=1S/C31H27F3N4O2/c32-22-11-18(12-23(33)16-22)13-27(38-31(40)28-15-21(17-37-28)19-5-2-1-3-6-19)29-24(7-4-10-36-29)20-8-9-26(34)25(14-20)30(35)39/h1-12,14,16,21,27-28,37H,13,15,17H2,(H2,35,39)(H,38,40)/t21-,27-,28-/m0/s1. The Morgan fingerprint density at radius 2 is 1.73 bits per heavy atom. The van der Waals surface area contributed by atoms with Gasteiger partial charge in [0.1, 0.15) is 17.5 Å². The smallest absolute Gasteiger partial charge is 0.251 e. The summed E-state index contributed by atoms with van der Waals surface area (Å²) in [6, 6.07) is 19.1. The summed E-state index contributed by atoms with van der Waals surface area (Å²) in [5.41, 5.74) is 7.85. The number of pyridine rings is 1. The largest absolute Gasteiger partial charge is 0.366 e. The van der Waals surface area contributed by atoms with E-state index in [4.69, 9.17) is 5.73 Å². The first-order chi connectivity index (χ1) is 19.3. The van der Waals surface area contributed by atoms with Crippen molar-refractivity contribution in [2.24, 2.45) is 5.73 Å². The van der Waals surface area contributed by atoms with Crippen LogP contribution in [0.3, 0.4) is 0 Å². The van der Waals surface area contributed by atoms with Crippen molar-refractivity contribution in [2.75, 3.05) is 6.54 Å². The molecule has 4 aromatic rings. The number of carbonyl (C=O) groups is 2. The molecule has 1 aliphatic rings. The summed E-state index contributed by atoms with van der Waals surface area (Å²) in [4.78, 5) is 29.8. The van der Waals surface area contributed by atoms with Crippen LogP contribution in [0.15, 0.2) is 85.1 Å². The Bertz CT molecular complexity index is 1530. The molecule has 2 heterocycles. The molecule has 2 amide bonds. The molecule has 40 heavy (non-hydrogen) atoms. The summed E-state index contributed by atoms with van der Waals surface area (Å²) in [5.74, 6) is -3.30. The third-order valence-electron chi connectivity index (χ3n) is 7.11. The van der Waals surface area contributed by atoms with E-state index in [9.17, 15) is 22.8 Å². The Morgan fingerprint density at radius 3 is 2.45 bits per heavy atom. The zero-order valence-corrected chi connectivity index (χ0v) is 21.4. The lowest BCUT2D eigenvalue weighted by Gasteiger charge is -2.23. The lowest BCUT2D eigenvalue weighted by atomic mass is 9.93. The maximum atomic E-state index is 14.2. The number of hydrogen-bond acceptors (Lipinski definition) is 4. The number of nitrogens with one attached hydrogen (secondary N) is 2. The number of amides is 2. The zero-order valence-electron chi connectivity index (χ0n) is 21.4. The van der Waals surface area contributed by atoms with Crippen molar-refractivity contribution in [2.45, 2.75) is 30.8 Å². The minimum atomic E-state index is -0.926. The first kappa shape index (κ1) is 27.1. The van der Waals surface area contributed by atoms with Gasteiger partial charge in [0.05, 0.1) is 23.3 Å². The normalized spacial score (nSPS) is 17.4. The number of primary amides is 1. The predicted molar refractivity (Wildman–Crippen MR) is 145 cm³/mol. The molecule has 1 aromatic heterocycles. The van der Waals surface area contributed by atoms with Crippen LogP contribution < -0.4 is 16.4 Å². The van der Waals surface area contributed by atoms with E-state index in [0.717, 1.165) is 17.7 Å². The highest BCUT2D eigenvalue weighted by atomic mass is 19.1. The molecule has 0 saturated carbocycles. The van der Waals surface area contributed by atoms with Crippen LogP contribution in [-0.4, -0.2) is 29.4 Å². The number of nitrogens with zero attached hydrogens (tertiary/aromatic N) is 1. The molecule has 0 aliphatic carbocycles. The number of hydrogen-bond donors (Lipinski definition) is 3. The van der Waals surface area contributed by atoms with Crippen LogP contribution in [0.5, 0.6) is 0 Å². The zero-order chi connectivity index (χ0) is 28.2. The van der Waals surface area contributed by atoms with E-state index in [1.165, 1.54) is 30.5 Å². The van der Waals surface area contributed by atoms with E-state index in [0.29, 0.717) is 35.3 Å². The van der Waals surface area contributed by atoms with E-state index in [1.54, 1.807) is 12.1 Å². The SMILES string of the molecule is NC(=O)c1cc(-c2cccnc2[C@H](Cc2cc(F)cc(F)c2)NC(=O)[C@@H]2C[C@H](c3ccccc3)CN2)ccc1F. The summed E-state index contributed by atoms with van der Waals surface area (Å²) in [6.45, 7) is 0.627. The van der Waals surface area contributed by atoms with Crippen LogP contribution in [-0.2, 0) is 11.2 Å². The minimum Gasteiger partial charge on any atom is -0.366 e. The van der Waals surface area contributed by atoms with E-state index < -0.39 is 35.4 Å². The van der Waals surface area contributed by atoms with Gasteiger partial charge in [0.15, 0.2) is 0 Å². The van der Waals surface area contributed by atoms with Crippen LogP contribution in [0.4, 0.5) is 13.2 Å². The van der Waals surface area contributed by atoms with Gasteiger partial charge < -0.3 is 16.4 Å². The molecule has 1 saturated heterocycles. The fourth-order valence-electron chi connectivity index (χ4n) is 5.19. The molecule has 0 spiro atoms. The molecule has 0 unspecified atom stereocenters. The lowest BCUT2D eigenvalue weighted by molar-refractivity contribution is -0.123. The van der Waals surface area contributed by atoms with Crippen molar-refractivity contribution in [3.05, 3.63) is 125 Å². The average Bonchev–Trinajstić information content (AvgIpc) is 3.44. The molecule has 1 fully saturated rings. The van der Waals surface area contributed by atoms with Gasteiger partial charge in [-0.3, -0.25) is 14.6 Å². The molecule has 0 bridgehead atoms. The summed E-state index contributed by atoms with van der Waals surface area (Å²) in [6.07, 6.45) is 2.14. The van der Waals surface area contributed by atoms with Gasteiger partial charge in [-0.25, -0.2) is 13.2 Å². The van der Waals surface area contributed by atoms with Crippen molar-refractivity contribution < 1.29 is 22.8 Å². The van der Waals surface area contributed by atoms with Gasteiger partial charge in [-0.1, -0.05) is 42.5 Å². The van der Waals surface area contributed by atoms with Gasteiger partial charge in [0.2, 0.25) is 5.91 Å². The van der Waals surface area contributed by atoms with E-state index in [-0.39, 0.29) is 23.8 Å². The highest BCUT2D eigenvalue weighted by molar-refractivity contribution is 5.94. The van der Waals surface area contributed by atoms with Gasteiger partial charge in [-0.05, 0) is 65.8 Å².